The third kappa shape index (κ3) is 5.31. The van der Waals surface area contributed by atoms with Crippen molar-refractivity contribution in [3.8, 4) is 5.75 Å². The van der Waals surface area contributed by atoms with Crippen molar-refractivity contribution in [2.24, 2.45) is 0 Å². The van der Waals surface area contributed by atoms with Gasteiger partial charge in [-0.25, -0.2) is 0 Å². The summed E-state index contributed by atoms with van der Waals surface area (Å²) in [7, 11) is 0. The highest BCUT2D eigenvalue weighted by molar-refractivity contribution is 5.95. The van der Waals surface area contributed by atoms with Crippen LogP contribution >= 0.6 is 0 Å². The van der Waals surface area contributed by atoms with Gasteiger partial charge in [-0.3, -0.25) is 4.79 Å². The van der Waals surface area contributed by atoms with E-state index in [1.807, 2.05) is 32.0 Å². The second-order valence-electron chi connectivity index (χ2n) is 8.81. The number of hydrogen-bond acceptors (Lipinski definition) is 3. The van der Waals surface area contributed by atoms with Crippen LogP contribution in [0.4, 0.5) is 13.2 Å². The van der Waals surface area contributed by atoms with Crippen molar-refractivity contribution < 1.29 is 23.1 Å². The van der Waals surface area contributed by atoms with Crippen molar-refractivity contribution in [2.75, 3.05) is 19.6 Å². The zero-order valence-electron chi connectivity index (χ0n) is 20.3. The quantitative estimate of drug-likeness (QED) is 0.401. The number of fused-ring (bicyclic) bond motifs is 1. The van der Waals surface area contributed by atoms with Crippen molar-refractivity contribution in [3.63, 3.8) is 0 Å². The number of nitrogens with zero attached hydrogens (tertiary/aromatic N) is 1. The second kappa shape index (κ2) is 10.6. The molecule has 0 unspecified atom stereocenters. The van der Waals surface area contributed by atoms with Crippen molar-refractivity contribution in [2.45, 2.75) is 33.0 Å². The van der Waals surface area contributed by atoms with Gasteiger partial charge in [0.1, 0.15) is 5.75 Å². The highest BCUT2D eigenvalue weighted by Gasteiger charge is 2.32. The lowest BCUT2D eigenvalue weighted by molar-refractivity contribution is -0.138. The summed E-state index contributed by atoms with van der Waals surface area (Å²) < 4.78 is 40.1. The van der Waals surface area contributed by atoms with Gasteiger partial charge in [0.2, 0.25) is 0 Å². The molecule has 7 heteroatoms. The van der Waals surface area contributed by atoms with Gasteiger partial charge in [0.15, 0.2) is 0 Å². The molecule has 2 N–H and O–H groups in total. The molecule has 0 radical (unpaired) electrons. The van der Waals surface area contributed by atoms with Gasteiger partial charge in [-0.1, -0.05) is 36.4 Å². The van der Waals surface area contributed by atoms with E-state index in [1.165, 1.54) is 12.1 Å². The first-order valence-electron chi connectivity index (χ1n) is 12.0. The van der Waals surface area contributed by atoms with E-state index in [-0.39, 0.29) is 23.8 Å². The van der Waals surface area contributed by atoms with Gasteiger partial charge in [-0.2, -0.15) is 13.2 Å². The van der Waals surface area contributed by atoms with E-state index in [1.54, 1.807) is 35.2 Å². The van der Waals surface area contributed by atoms with E-state index < -0.39 is 11.7 Å². The summed E-state index contributed by atoms with van der Waals surface area (Å²) in [6, 6.07) is 18.2. The first-order valence-corrected chi connectivity index (χ1v) is 12.0. The average molecular weight is 495 g/mol. The Bertz CT molecular complexity index is 1280. The van der Waals surface area contributed by atoms with Gasteiger partial charge in [-0.05, 0) is 84.0 Å². The molecule has 0 atom stereocenters. The van der Waals surface area contributed by atoms with Gasteiger partial charge < -0.3 is 15.3 Å². The maximum absolute atomic E-state index is 13.4. The Morgan fingerprint density at radius 1 is 0.972 bits per heavy atom. The maximum atomic E-state index is 13.4. The molecular weight excluding hydrogens is 465 g/mol. The van der Waals surface area contributed by atoms with Crippen LogP contribution in [0.1, 0.15) is 52.0 Å². The zero-order valence-corrected chi connectivity index (χ0v) is 20.3. The lowest BCUT2D eigenvalue weighted by Gasteiger charge is -2.19. The number of rotatable bonds is 8. The van der Waals surface area contributed by atoms with Crippen molar-refractivity contribution in [3.05, 3.63) is 106 Å². The van der Waals surface area contributed by atoms with Gasteiger partial charge in [0, 0.05) is 31.7 Å². The number of carbonyl (C=O) groups excluding carboxylic acids is 1. The molecule has 0 bridgehead atoms. The van der Waals surface area contributed by atoms with Crippen LogP contribution in [0.5, 0.6) is 5.75 Å². The van der Waals surface area contributed by atoms with E-state index in [4.69, 9.17) is 0 Å². The molecule has 4 nitrogen and oxygen atoms in total. The largest absolute Gasteiger partial charge is 0.508 e. The molecule has 1 aliphatic rings. The number of halogens is 3. The number of phenolic OH excluding ortho intramolecular Hbond substituents is 1. The maximum Gasteiger partial charge on any atom is 0.416 e. The molecule has 36 heavy (non-hydrogen) atoms. The molecule has 1 aliphatic carbocycles. The van der Waals surface area contributed by atoms with Crippen LogP contribution in [-0.2, 0) is 19.1 Å². The van der Waals surface area contributed by atoms with E-state index in [0.29, 0.717) is 31.6 Å². The van der Waals surface area contributed by atoms with E-state index in [0.717, 1.165) is 33.9 Å². The van der Waals surface area contributed by atoms with Crippen LogP contribution in [0.3, 0.4) is 0 Å². The summed E-state index contributed by atoms with van der Waals surface area (Å²) in [5.41, 5.74) is 4.93. The number of aromatic hydroxyl groups is 1. The van der Waals surface area contributed by atoms with Crippen molar-refractivity contribution in [1.82, 2.24) is 10.2 Å². The number of carbonyl (C=O) groups is 1. The molecule has 0 saturated heterocycles. The first-order chi connectivity index (χ1) is 17.2. The number of amides is 1. The molecule has 0 aliphatic heterocycles. The van der Waals surface area contributed by atoms with Crippen LogP contribution in [0.2, 0.25) is 0 Å². The molecule has 3 aromatic carbocycles. The average Bonchev–Trinajstić information content (AvgIpc) is 3.21. The van der Waals surface area contributed by atoms with Crippen LogP contribution < -0.4 is 5.32 Å². The fourth-order valence-electron chi connectivity index (χ4n) is 4.74. The Hall–Kier alpha value is -3.58. The Morgan fingerprint density at radius 2 is 1.67 bits per heavy atom. The summed E-state index contributed by atoms with van der Waals surface area (Å²) in [6.45, 7) is 5.59. The summed E-state index contributed by atoms with van der Waals surface area (Å²) in [4.78, 5) is 14.5. The van der Waals surface area contributed by atoms with Crippen molar-refractivity contribution >= 4 is 11.5 Å². The molecule has 0 heterocycles. The molecule has 0 aromatic heterocycles. The van der Waals surface area contributed by atoms with Crippen LogP contribution in [0.25, 0.3) is 5.57 Å². The zero-order chi connectivity index (χ0) is 25.9. The summed E-state index contributed by atoms with van der Waals surface area (Å²) in [6.07, 6.45) is -3.78. The summed E-state index contributed by atoms with van der Waals surface area (Å²) in [5.74, 6) is 0.114. The molecule has 1 amide bonds. The molecule has 0 saturated carbocycles. The number of phenols is 1. The Labute approximate surface area is 209 Å². The number of hydrogen-bond donors (Lipinski definition) is 2. The van der Waals surface area contributed by atoms with Crippen LogP contribution in [0.15, 0.2) is 72.3 Å². The van der Waals surface area contributed by atoms with E-state index in [9.17, 15) is 23.1 Å². The SMILES string of the molecule is CCN(CC)C(=O)c1ccc(C2=C(CNCc3ccccc3C(F)(F)F)Cc3ccc(O)cc32)cc1. The molecule has 0 spiro atoms. The minimum atomic E-state index is -4.41. The highest BCUT2D eigenvalue weighted by Crippen LogP contribution is 2.39. The Kier molecular flexibility index (Phi) is 7.50. The molecule has 188 valence electrons. The number of benzene rings is 3. The predicted molar refractivity (Wildman–Crippen MR) is 135 cm³/mol. The molecular formula is C29H29F3N2O2. The number of alkyl halides is 3. The molecule has 3 aromatic rings. The number of nitrogens with one attached hydrogen (secondary N) is 1. The molecule has 4 rings (SSSR count). The minimum absolute atomic E-state index is 0.0322. The highest BCUT2D eigenvalue weighted by atomic mass is 19.4. The third-order valence-electron chi connectivity index (χ3n) is 6.57. The van der Waals surface area contributed by atoms with Crippen LogP contribution in [-0.4, -0.2) is 35.5 Å². The Morgan fingerprint density at radius 3 is 2.33 bits per heavy atom. The van der Waals surface area contributed by atoms with E-state index >= 15 is 0 Å². The second-order valence-corrected chi connectivity index (χ2v) is 8.81. The smallest absolute Gasteiger partial charge is 0.416 e. The minimum Gasteiger partial charge on any atom is -0.508 e. The Balaban J connectivity index is 1.61. The first kappa shape index (κ1) is 25.5. The van der Waals surface area contributed by atoms with Crippen molar-refractivity contribution in [1.29, 1.82) is 0 Å². The van der Waals surface area contributed by atoms with Gasteiger partial charge in [0.25, 0.3) is 5.91 Å². The monoisotopic (exact) mass is 494 g/mol. The summed E-state index contributed by atoms with van der Waals surface area (Å²) >= 11 is 0. The lowest BCUT2D eigenvalue weighted by Crippen LogP contribution is -2.30. The topological polar surface area (TPSA) is 52.6 Å². The standard InChI is InChI=1S/C29H29F3N2O2/c1-3-34(4-2)28(36)20-11-9-19(10-12-20)27-23(15-21-13-14-24(35)16-25(21)27)18-33-17-22-7-5-6-8-26(22)29(30,31)32/h5-14,16,33,35H,3-4,15,17-18H2,1-2H3. The van der Waals surface area contributed by atoms with Gasteiger partial charge >= 0.3 is 6.18 Å². The third-order valence-corrected chi connectivity index (χ3v) is 6.57. The fourth-order valence-corrected chi connectivity index (χ4v) is 4.74. The fraction of sp³-hybridized carbons (Fsp3) is 0.276. The van der Waals surface area contributed by atoms with Gasteiger partial charge in [0.05, 0.1) is 5.56 Å². The van der Waals surface area contributed by atoms with E-state index in [2.05, 4.69) is 5.32 Å². The predicted octanol–water partition coefficient (Wildman–Crippen LogP) is 6.04. The van der Waals surface area contributed by atoms with Crippen LogP contribution in [0, 0.1) is 0 Å². The molecule has 0 fully saturated rings. The lowest BCUT2D eigenvalue weighted by atomic mass is 9.96. The summed E-state index contributed by atoms with van der Waals surface area (Å²) in [5, 5.41) is 13.3. The normalized spacial score (nSPS) is 13.1. The van der Waals surface area contributed by atoms with Gasteiger partial charge in [-0.15, -0.1) is 0 Å².